The standard InChI is InChI=1S/C17H13ClN6/c18-13-8-4-5-9-14(13)21-16-15-17(20-11-19-16)24(23-22-15)10-12-6-2-1-3-7-12/h1-9,11H,10H2,(H,19,20,21). The van der Waals surface area contributed by atoms with E-state index in [9.17, 15) is 0 Å². The summed E-state index contributed by atoms with van der Waals surface area (Å²) in [5.41, 5.74) is 3.16. The fourth-order valence-electron chi connectivity index (χ4n) is 2.44. The van der Waals surface area contributed by atoms with Crippen molar-refractivity contribution in [3.8, 4) is 0 Å². The first-order chi connectivity index (χ1) is 11.8. The molecule has 0 amide bonds. The Morgan fingerprint density at radius 1 is 0.958 bits per heavy atom. The molecule has 0 fully saturated rings. The summed E-state index contributed by atoms with van der Waals surface area (Å²) in [4.78, 5) is 8.58. The van der Waals surface area contributed by atoms with Crippen LogP contribution >= 0.6 is 11.6 Å². The van der Waals surface area contributed by atoms with Gasteiger partial charge in [-0.15, -0.1) is 5.10 Å². The van der Waals surface area contributed by atoms with Crippen LogP contribution < -0.4 is 5.32 Å². The van der Waals surface area contributed by atoms with Gasteiger partial charge in [-0.05, 0) is 17.7 Å². The molecule has 24 heavy (non-hydrogen) atoms. The molecule has 118 valence electrons. The van der Waals surface area contributed by atoms with Crippen LogP contribution in [0.3, 0.4) is 0 Å². The van der Waals surface area contributed by atoms with E-state index in [4.69, 9.17) is 11.6 Å². The number of rotatable bonds is 4. The molecule has 0 bridgehead atoms. The molecule has 1 N–H and O–H groups in total. The minimum absolute atomic E-state index is 0.576. The van der Waals surface area contributed by atoms with Gasteiger partial charge in [0.15, 0.2) is 17.0 Å². The van der Waals surface area contributed by atoms with Crippen LogP contribution in [0.15, 0.2) is 60.9 Å². The van der Waals surface area contributed by atoms with Gasteiger partial charge < -0.3 is 5.32 Å². The summed E-state index contributed by atoms with van der Waals surface area (Å²) in [5.74, 6) is 0.576. The Balaban J connectivity index is 1.70. The first-order valence-corrected chi connectivity index (χ1v) is 7.79. The number of aromatic nitrogens is 5. The zero-order chi connectivity index (χ0) is 16.4. The zero-order valence-electron chi connectivity index (χ0n) is 12.6. The van der Waals surface area contributed by atoms with E-state index in [0.29, 0.717) is 28.5 Å². The van der Waals surface area contributed by atoms with E-state index >= 15 is 0 Å². The number of fused-ring (bicyclic) bond motifs is 1. The lowest BCUT2D eigenvalue weighted by Crippen LogP contribution is -2.03. The molecular weight excluding hydrogens is 324 g/mol. The Labute approximate surface area is 143 Å². The second-order valence-electron chi connectivity index (χ2n) is 5.23. The van der Waals surface area contributed by atoms with E-state index in [-0.39, 0.29) is 0 Å². The molecule has 4 rings (SSSR count). The summed E-state index contributed by atoms with van der Waals surface area (Å²) in [6.45, 7) is 0.597. The molecule has 7 heteroatoms. The monoisotopic (exact) mass is 336 g/mol. The van der Waals surface area contributed by atoms with Gasteiger partial charge in [0, 0.05) is 0 Å². The van der Waals surface area contributed by atoms with Gasteiger partial charge in [0.2, 0.25) is 0 Å². The molecular formula is C17H13ClN6. The van der Waals surface area contributed by atoms with E-state index in [1.165, 1.54) is 6.33 Å². The van der Waals surface area contributed by atoms with Crippen molar-refractivity contribution in [1.29, 1.82) is 0 Å². The molecule has 0 spiro atoms. The molecule has 6 nitrogen and oxygen atoms in total. The number of anilines is 2. The highest BCUT2D eigenvalue weighted by Gasteiger charge is 2.13. The number of nitrogens with one attached hydrogen (secondary N) is 1. The van der Waals surface area contributed by atoms with Crippen molar-refractivity contribution >= 4 is 34.3 Å². The largest absolute Gasteiger partial charge is 0.337 e. The Morgan fingerprint density at radius 2 is 1.75 bits per heavy atom. The van der Waals surface area contributed by atoms with E-state index in [1.807, 2.05) is 54.6 Å². The van der Waals surface area contributed by atoms with Gasteiger partial charge in [-0.1, -0.05) is 59.3 Å². The first kappa shape index (κ1) is 14.6. The van der Waals surface area contributed by atoms with E-state index in [1.54, 1.807) is 4.68 Å². The van der Waals surface area contributed by atoms with Crippen LogP contribution in [0.1, 0.15) is 5.56 Å². The van der Waals surface area contributed by atoms with Crippen LogP contribution in [0.4, 0.5) is 11.5 Å². The molecule has 0 unspecified atom stereocenters. The Hall–Kier alpha value is -2.99. The maximum Gasteiger partial charge on any atom is 0.184 e. The third-order valence-electron chi connectivity index (χ3n) is 3.60. The van der Waals surface area contributed by atoms with Crippen molar-refractivity contribution in [2.45, 2.75) is 6.54 Å². The summed E-state index contributed by atoms with van der Waals surface area (Å²) in [7, 11) is 0. The summed E-state index contributed by atoms with van der Waals surface area (Å²) in [5, 5.41) is 12.2. The van der Waals surface area contributed by atoms with Crippen molar-refractivity contribution in [1.82, 2.24) is 25.0 Å². The molecule has 2 aromatic heterocycles. The Kier molecular flexibility index (Phi) is 3.80. The van der Waals surface area contributed by atoms with Crippen molar-refractivity contribution in [2.24, 2.45) is 0 Å². The van der Waals surface area contributed by atoms with Crippen molar-refractivity contribution < 1.29 is 0 Å². The average Bonchev–Trinajstić information content (AvgIpc) is 3.02. The molecule has 4 aromatic rings. The van der Waals surface area contributed by atoms with Gasteiger partial charge in [-0.3, -0.25) is 0 Å². The summed E-state index contributed by atoms with van der Waals surface area (Å²) >= 11 is 6.19. The predicted octanol–water partition coefficient (Wildman–Crippen LogP) is 3.67. The van der Waals surface area contributed by atoms with Crippen LogP contribution in [0, 0.1) is 0 Å². The van der Waals surface area contributed by atoms with Gasteiger partial charge in [0.1, 0.15) is 6.33 Å². The highest BCUT2D eigenvalue weighted by atomic mass is 35.5. The van der Waals surface area contributed by atoms with Crippen molar-refractivity contribution in [3.63, 3.8) is 0 Å². The number of para-hydroxylation sites is 1. The molecule has 2 aromatic carbocycles. The quantitative estimate of drug-likeness (QED) is 0.616. The van der Waals surface area contributed by atoms with Gasteiger partial charge >= 0.3 is 0 Å². The van der Waals surface area contributed by atoms with E-state index < -0.39 is 0 Å². The van der Waals surface area contributed by atoms with Crippen LogP contribution in [-0.2, 0) is 6.54 Å². The fraction of sp³-hybridized carbons (Fsp3) is 0.0588. The molecule has 0 atom stereocenters. The van der Waals surface area contributed by atoms with Gasteiger partial charge in [0.05, 0.1) is 17.3 Å². The normalized spacial score (nSPS) is 10.9. The second-order valence-corrected chi connectivity index (χ2v) is 5.64. The Morgan fingerprint density at radius 3 is 2.58 bits per heavy atom. The zero-order valence-corrected chi connectivity index (χ0v) is 13.4. The number of hydrogen-bond acceptors (Lipinski definition) is 5. The summed E-state index contributed by atoms with van der Waals surface area (Å²) < 4.78 is 1.75. The van der Waals surface area contributed by atoms with Crippen LogP contribution in [0.25, 0.3) is 11.2 Å². The Bertz CT molecular complexity index is 983. The molecule has 0 saturated carbocycles. The number of nitrogens with zero attached hydrogens (tertiary/aromatic N) is 5. The molecule has 0 aliphatic rings. The second kappa shape index (κ2) is 6.25. The number of benzene rings is 2. The third-order valence-corrected chi connectivity index (χ3v) is 3.93. The SMILES string of the molecule is Clc1ccccc1Nc1ncnc2c1nnn2Cc1ccccc1. The molecule has 0 aliphatic heterocycles. The van der Waals surface area contributed by atoms with E-state index in [2.05, 4.69) is 25.6 Å². The molecule has 0 radical (unpaired) electrons. The fourth-order valence-corrected chi connectivity index (χ4v) is 2.62. The van der Waals surface area contributed by atoms with Crippen molar-refractivity contribution in [2.75, 3.05) is 5.32 Å². The maximum atomic E-state index is 6.19. The minimum atomic E-state index is 0.576. The van der Waals surface area contributed by atoms with Gasteiger partial charge in [-0.2, -0.15) is 0 Å². The lowest BCUT2D eigenvalue weighted by molar-refractivity contribution is 0.664. The highest BCUT2D eigenvalue weighted by Crippen LogP contribution is 2.26. The maximum absolute atomic E-state index is 6.19. The lowest BCUT2D eigenvalue weighted by atomic mass is 10.2. The van der Waals surface area contributed by atoms with E-state index in [0.717, 1.165) is 11.3 Å². The van der Waals surface area contributed by atoms with Crippen LogP contribution in [-0.4, -0.2) is 25.0 Å². The topological polar surface area (TPSA) is 68.5 Å². The number of hydrogen-bond donors (Lipinski definition) is 1. The molecule has 0 aliphatic carbocycles. The number of halogens is 1. The van der Waals surface area contributed by atoms with Gasteiger partial charge in [0.25, 0.3) is 0 Å². The molecule has 0 saturated heterocycles. The first-order valence-electron chi connectivity index (χ1n) is 7.41. The predicted molar refractivity (Wildman–Crippen MR) is 93.4 cm³/mol. The van der Waals surface area contributed by atoms with Crippen molar-refractivity contribution in [3.05, 3.63) is 71.5 Å². The smallest absolute Gasteiger partial charge is 0.184 e. The average molecular weight is 337 g/mol. The lowest BCUT2D eigenvalue weighted by Gasteiger charge is -2.07. The van der Waals surface area contributed by atoms with Crippen LogP contribution in [0.5, 0.6) is 0 Å². The third kappa shape index (κ3) is 2.79. The summed E-state index contributed by atoms with van der Waals surface area (Å²) in [6.07, 6.45) is 1.49. The summed E-state index contributed by atoms with van der Waals surface area (Å²) in [6, 6.07) is 17.5. The van der Waals surface area contributed by atoms with Gasteiger partial charge in [-0.25, -0.2) is 14.6 Å². The van der Waals surface area contributed by atoms with Crippen LogP contribution in [0.2, 0.25) is 5.02 Å². The minimum Gasteiger partial charge on any atom is -0.337 e. The molecule has 2 heterocycles. The highest BCUT2D eigenvalue weighted by molar-refractivity contribution is 6.33.